The average Bonchev–Trinajstić information content (AvgIpc) is 2.71. The summed E-state index contributed by atoms with van der Waals surface area (Å²) in [5.74, 6) is 2.16. The van der Waals surface area contributed by atoms with Crippen LogP contribution >= 0.6 is 11.8 Å². The molecule has 0 saturated carbocycles. The van der Waals surface area contributed by atoms with Gasteiger partial charge in [0.15, 0.2) is 0 Å². The third-order valence-corrected chi connectivity index (χ3v) is 5.38. The van der Waals surface area contributed by atoms with Gasteiger partial charge in [0.2, 0.25) is 0 Å². The molecule has 5 nitrogen and oxygen atoms in total. The summed E-state index contributed by atoms with van der Waals surface area (Å²) in [7, 11) is 0. The molecule has 0 spiro atoms. The van der Waals surface area contributed by atoms with Gasteiger partial charge in [0.1, 0.15) is 0 Å². The van der Waals surface area contributed by atoms with Gasteiger partial charge in [0.05, 0.1) is 17.3 Å². The second kappa shape index (κ2) is 7.16. The molecule has 23 heavy (non-hydrogen) atoms. The van der Waals surface area contributed by atoms with Crippen LogP contribution in [0.15, 0.2) is 6.20 Å². The predicted octanol–water partition coefficient (Wildman–Crippen LogP) is 3.54. The van der Waals surface area contributed by atoms with Crippen molar-refractivity contribution in [2.75, 3.05) is 18.1 Å². The Morgan fingerprint density at radius 1 is 1.43 bits per heavy atom. The summed E-state index contributed by atoms with van der Waals surface area (Å²) in [6.45, 7) is 13.4. The third-order valence-electron chi connectivity index (χ3n) is 4.38. The van der Waals surface area contributed by atoms with Crippen molar-refractivity contribution in [3.63, 3.8) is 0 Å². The molecule has 1 aromatic rings. The number of aromatic nitrogens is 2. The smallest absolute Gasteiger partial charge is 0.318 e. The van der Waals surface area contributed by atoms with Crippen molar-refractivity contribution in [3.8, 4) is 0 Å². The quantitative estimate of drug-likeness (QED) is 0.897. The number of hydrogen-bond acceptors (Lipinski definition) is 3. The molecule has 1 aromatic heterocycles. The molecule has 1 N–H and O–H groups in total. The lowest BCUT2D eigenvalue weighted by Crippen LogP contribution is -2.46. The Balaban J connectivity index is 2.07. The maximum absolute atomic E-state index is 12.6. The molecular formula is C17H30N4OS. The van der Waals surface area contributed by atoms with E-state index in [4.69, 9.17) is 0 Å². The van der Waals surface area contributed by atoms with E-state index in [-0.39, 0.29) is 17.6 Å². The number of nitrogens with one attached hydrogen (secondary N) is 1. The van der Waals surface area contributed by atoms with Gasteiger partial charge < -0.3 is 10.2 Å². The molecule has 0 aromatic carbocycles. The molecule has 1 aliphatic heterocycles. The lowest BCUT2D eigenvalue weighted by molar-refractivity contribution is 0.180. The molecule has 1 aliphatic rings. The summed E-state index contributed by atoms with van der Waals surface area (Å²) in [5.41, 5.74) is 2.01. The molecular weight excluding hydrogens is 308 g/mol. The lowest BCUT2D eigenvalue weighted by Gasteiger charge is -2.28. The van der Waals surface area contributed by atoms with Gasteiger partial charge >= 0.3 is 6.03 Å². The van der Waals surface area contributed by atoms with Gasteiger partial charge in [-0.15, -0.1) is 0 Å². The van der Waals surface area contributed by atoms with Crippen LogP contribution in [-0.2, 0) is 5.54 Å². The van der Waals surface area contributed by atoms with Crippen LogP contribution in [0.3, 0.4) is 0 Å². The summed E-state index contributed by atoms with van der Waals surface area (Å²) in [6.07, 6.45) is 3.12. The zero-order valence-corrected chi connectivity index (χ0v) is 16.0. The van der Waals surface area contributed by atoms with E-state index in [1.807, 2.05) is 35.2 Å². The van der Waals surface area contributed by atoms with Crippen LogP contribution in [0.2, 0.25) is 0 Å². The Morgan fingerprint density at radius 3 is 2.74 bits per heavy atom. The van der Waals surface area contributed by atoms with Gasteiger partial charge in [-0.25, -0.2) is 4.79 Å². The molecule has 1 saturated heterocycles. The Labute approximate surface area is 144 Å². The van der Waals surface area contributed by atoms with Crippen molar-refractivity contribution in [1.29, 1.82) is 0 Å². The minimum absolute atomic E-state index is 0.0374. The van der Waals surface area contributed by atoms with Crippen LogP contribution in [-0.4, -0.2) is 44.8 Å². The molecule has 0 aliphatic carbocycles. The summed E-state index contributed by atoms with van der Waals surface area (Å²) in [4.78, 5) is 14.6. The number of thioether (sulfide) groups is 1. The number of aryl methyl sites for hydroxylation is 1. The minimum atomic E-state index is -0.0523. The molecule has 0 radical (unpaired) electrons. The normalized spacial score (nSPS) is 21.0. The molecule has 1 fully saturated rings. The molecule has 0 bridgehead atoms. The van der Waals surface area contributed by atoms with Crippen molar-refractivity contribution < 1.29 is 4.79 Å². The van der Waals surface area contributed by atoms with Crippen LogP contribution in [0.25, 0.3) is 0 Å². The summed E-state index contributed by atoms with van der Waals surface area (Å²) >= 11 is 1.93. The van der Waals surface area contributed by atoms with Crippen molar-refractivity contribution in [2.45, 2.75) is 65.6 Å². The second-order valence-corrected chi connectivity index (χ2v) is 8.62. The highest BCUT2D eigenvalue weighted by molar-refractivity contribution is 7.99. The van der Waals surface area contributed by atoms with Crippen LogP contribution in [0.1, 0.15) is 58.3 Å². The first-order chi connectivity index (χ1) is 10.7. The van der Waals surface area contributed by atoms with Gasteiger partial charge in [0.25, 0.3) is 0 Å². The van der Waals surface area contributed by atoms with Gasteiger partial charge in [-0.2, -0.15) is 16.9 Å². The number of carbonyl (C=O) groups is 1. The highest BCUT2D eigenvalue weighted by atomic mass is 32.2. The van der Waals surface area contributed by atoms with E-state index in [2.05, 4.69) is 44.3 Å². The van der Waals surface area contributed by atoms with E-state index in [0.29, 0.717) is 6.04 Å². The van der Waals surface area contributed by atoms with Crippen molar-refractivity contribution in [3.05, 3.63) is 17.5 Å². The van der Waals surface area contributed by atoms with Gasteiger partial charge in [-0.05, 0) is 53.7 Å². The average molecular weight is 339 g/mol. The van der Waals surface area contributed by atoms with Crippen molar-refractivity contribution in [1.82, 2.24) is 20.0 Å². The van der Waals surface area contributed by atoms with Gasteiger partial charge in [0, 0.05) is 30.1 Å². The minimum Gasteiger partial charge on any atom is -0.331 e. The zero-order valence-electron chi connectivity index (χ0n) is 15.2. The topological polar surface area (TPSA) is 50.2 Å². The fourth-order valence-corrected chi connectivity index (χ4v) is 3.82. The number of hydrogen-bond donors (Lipinski definition) is 1. The van der Waals surface area contributed by atoms with Crippen LogP contribution < -0.4 is 5.32 Å². The van der Waals surface area contributed by atoms with Crippen LogP contribution in [0, 0.1) is 6.92 Å². The Kier molecular flexibility index (Phi) is 5.65. The summed E-state index contributed by atoms with van der Waals surface area (Å²) in [5, 5.41) is 7.76. The standard InChI is InChI=1S/C17H30N4OS/c1-12-7-9-23-10-8-20(12)16(22)18-13(2)15-11-21(17(4,5)6)19-14(15)3/h11-13H,7-10H2,1-6H3,(H,18,22). The van der Waals surface area contributed by atoms with Gasteiger partial charge in [-0.1, -0.05) is 0 Å². The van der Waals surface area contributed by atoms with E-state index < -0.39 is 0 Å². The van der Waals surface area contributed by atoms with Crippen LogP contribution in [0.4, 0.5) is 4.79 Å². The summed E-state index contributed by atoms with van der Waals surface area (Å²) < 4.78 is 1.98. The number of urea groups is 1. The number of carbonyl (C=O) groups excluding carboxylic acids is 1. The highest BCUT2D eigenvalue weighted by Gasteiger charge is 2.25. The van der Waals surface area contributed by atoms with Crippen molar-refractivity contribution in [2.24, 2.45) is 0 Å². The van der Waals surface area contributed by atoms with Gasteiger partial charge in [-0.3, -0.25) is 4.68 Å². The highest BCUT2D eigenvalue weighted by Crippen LogP contribution is 2.22. The van der Waals surface area contributed by atoms with E-state index in [1.165, 1.54) is 0 Å². The first kappa shape index (κ1) is 18.2. The Hall–Kier alpha value is -1.17. The summed E-state index contributed by atoms with van der Waals surface area (Å²) in [6, 6.07) is 0.299. The SMILES string of the molecule is Cc1nn(C(C)(C)C)cc1C(C)NC(=O)N1CCSCCC1C. The fraction of sp³-hybridized carbons (Fsp3) is 0.765. The molecule has 2 atom stereocenters. The van der Waals surface area contributed by atoms with Crippen LogP contribution in [0.5, 0.6) is 0 Å². The molecule has 6 heteroatoms. The van der Waals surface area contributed by atoms with E-state index in [9.17, 15) is 4.79 Å². The first-order valence-electron chi connectivity index (χ1n) is 8.41. The molecule has 2 unspecified atom stereocenters. The molecule has 2 heterocycles. The Bertz CT molecular complexity index is 549. The fourth-order valence-electron chi connectivity index (χ4n) is 2.78. The number of amides is 2. The second-order valence-electron chi connectivity index (χ2n) is 7.40. The monoisotopic (exact) mass is 338 g/mol. The third kappa shape index (κ3) is 4.43. The van der Waals surface area contributed by atoms with E-state index in [1.54, 1.807) is 0 Å². The lowest BCUT2D eigenvalue weighted by atomic mass is 10.1. The number of rotatable bonds is 2. The largest absolute Gasteiger partial charge is 0.331 e. The zero-order chi connectivity index (χ0) is 17.2. The first-order valence-corrected chi connectivity index (χ1v) is 9.57. The molecule has 2 rings (SSSR count). The van der Waals surface area contributed by atoms with Crippen molar-refractivity contribution >= 4 is 17.8 Å². The maximum atomic E-state index is 12.6. The predicted molar refractivity (Wildman–Crippen MR) is 97.0 cm³/mol. The molecule has 130 valence electrons. The number of nitrogens with zero attached hydrogens (tertiary/aromatic N) is 3. The maximum Gasteiger partial charge on any atom is 0.318 e. The molecule has 2 amide bonds. The Morgan fingerprint density at radius 2 is 2.13 bits per heavy atom. The van der Waals surface area contributed by atoms with E-state index in [0.717, 1.165) is 35.7 Å². The van der Waals surface area contributed by atoms with E-state index >= 15 is 0 Å².